The van der Waals surface area contributed by atoms with E-state index in [0.717, 1.165) is 0 Å². The molecule has 0 saturated heterocycles. The Morgan fingerprint density at radius 1 is 0.512 bits per heavy atom. The number of carbonyl (C=O) groups excluding carboxylic acids is 2. The van der Waals surface area contributed by atoms with Gasteiger partial charge in [0.1, 0.15) is 6.61 Å². The van der Waals surface area contributed by atoms with Gasteiger partial charge in [0, 0.05) is 56.9 Å². The second-order valence-electron chi connectivity index (χ2n) is 7.21. The summed E-state index contributed by atoms with van der Waals surface area (Å²) in [7, 11) is -11.5. The third-order valence-corrected chi connectivity index (χ3v) is 21.2. The van der Waals surface area contributed by atoms with E-state index in [1.54, 1.807) is 0 Å². The van der Waals surface area contributed by atoms with Gasteiger partial charge in [-0.05, 0) is 6.92 Å². The Hall–Kier alpha value is -0.000000000000000167. The molecule has 1 N–H and O–H groups in total. The number of nitrogens with zero attached hydrogens (tertiary/aromatic N) is 6. The van der Waals surface area contributed by atoms with E-state index in [1.807, 2.05) is 0 Å². The minimum absolute atomic E-state index is 0.334. The second kappa shape index (κ2) is 16.7. The lowest BCUT2D eigenvalue weighted by Crippen LogP contribution is -2.14. The summed E-state index contributed by atoms with van der Waals surface area (Å²) in [6, 6.07) is 0. The van der Waals surface area contributed by atoms with Gasteiger partial charge in [0.15, 0.2) is 19.2 Å². The maximum Gasteiger partial charge on any atom is 0.351 e. The van der Waals surface area contributed by atoms with Crippen LogP contribution in [-0.2, 0) is 68.6 Å². The average molecular weight is 742 g/mol. The Morgan fingerprint density at radius 2 is 0.837 bits per heavy atom. The summed E-state index contributed by atoms with van der Waals surface area (Å²) < 4.78 is 96.3. The standard InChI is InChI=1S/C15H36N6O16P6/c1-14(23)10-34-40(29-6)16-38(25-2,26-3)17-41(20-40,30-7)35-11-15(24)33-13-37-43(32-9)19-39(27-4,28-5)18-42(21-43,31-8)36-12-22/h22H,10-13H2,1-9H3. The van der Waals surface area contributed by atoms with Gasteiger partial charge in [-0.2, -0.15) is 0 Å². The summed E-state index contributed by atoms with van der Waals surface area (Å²) in [5.41, 5.74) is 0. The average Bonchev–Trinajstić information content (AvgIpc) is 3.02. The number of hydrogen-bond donors (Lipinski definition) is 1. The third-order valence-electron chi connectivity index (χ3n) is 4.71. The molecule has 2 aliphatic rings. The van der Waals surface area contributed by atoms with Crippen LogP contribution in [0.2, 0.25) is 0 Å². The maximum atomic E-state index is 12.7. The van der Waals surface area contributed by atoms with E-state index in [0.29, 0.717) is 0 Å². The number of Topliss-reactive ketones (excluding diaryl/α,β-unsaturated/α-hetero) is 1. The molecule has 0 radical (unpaired) electrons. The molecule has 0 bridgehead atoms. The molecule has 2 rings (SSSR count). The van der Waals surface area contributed by atoms with Gasteiger partial charge in [-0.15, -0.1) is 27.1 Å². The van der Waals surface area contributed by atoms with E-state index in [-0.39, 0.29) is 5.78 Å². The van der Waals surface area contributed by atoms with Crippen LogP contribution in [0.25, 0.3) is 0 Å². The zero-order valence-corrected chi connectivity index (χ0v) is 30.1. The van der Waals surface area contributed by atoms with Crippen molar-refractivity contribution in [3.05, 3.63) is 0 Å². The van der Waals surface area contributed by atoms with Crippen molar-refractivity contribution in [1.29, 1.82) is 0 Å². The maximum absolute atomic E-state index is 12.7. The highest BCUT2D eigenvalue weighted by molar-refractivity contribution is 7.79. The van der Waals surface area contributed by atoms with Gasteiger partial charge in [-0.25, -0.2) is 4.79 Å². The zero-order chi connectivity index (χ0) is 32.4. The van der Waals surface area contributed by atoms with Gasteiger partial charge in [0.25, 0.3) is 0 Å². The van der Waals surface area contributed by atoms with Crippen LogP contribution in [0.15, 0.2) is 27.1 Å². The van der Waals surface area contributed by atoms with Crippen molar-refractivity contribution in [2.45, 2.75) is 6.92 Å². The predicted molar refractivity (Wildman–Crippen MR) is 155 cm³/mol. The molecule has 0 fully saturated rings. The summed E-state index contributed by atoms with van der Waals surface area (Å²) in [6.07, 6.45) is 0. The second-order valence-corrected chi connectivity index (χ2v) is 21.3. The Kier molecular flexibility index (Phi) is 15.2. The molecule has 0 aromatic rings. The molecule has 0 aliphatic carbocycles. The number of carbonyl (C=O) groups is 2. The molecule has 4 unspecified atom stereocenters. The van der Waals surface area contributed by atoms with Crippen LogP contribution in [0.5, 0.6) is 0 Å². The zero-order valence-electron chi connectivity index (χ0n) is 24.8. The molecule has 4 atom stereocenters. The van der Waals surface area contributed by atoms with Crippen molar-refractivity contribution >= 4 is 57.7 Å². The predicted octanol–water partition coefficient (Wildman–Crippen LogP) is 5.97. The van der Waals surface area contributed by atoms with E-state index >= 15 is 0 Å². The number of ether oxygens (including phenoxy) is 1. The first-order valence-electron chi connectivity index (χ1n) is 11.4. The first-order valence-corrected chi connectivity index (χ1v) is 20.6. The Balaban J connectivity index is 2.33. The lowest BCUT2D eigenvalue weighted by molar-refractivity contribution is -0.152. The van der Waals surface area contributed by atoms with E-state index in [4.69, 9.17) is 59.0 Å². The third kappa shape index (κ3) is 9.75. The van der Waals surface area contributed by atoms with Crippen LogP contribution in [-0.4, -0.2) is 101 Å². The summed E-state index contributed by atoms with van der Waals surface area (Å²) >= 11 is 0. The Morgan fingerprint density at radius 3 is 1.21 bits per heavy atom. The first-order chi connectivity index (χ1) is 20.3. The normalized spacial score (nSPS) is 30.8. The van der Waals surface area contributed by atoms with Gasteiger partial charge in [-0.3, -0.25) is 22.9 Å². The summed E-state index contributed by atoms with van der Waals surface area (Å²) in [5, 5.41) is 9.38. The monoisotopic (exact) mass is 742 g/mol. The number of hydrogen-bond acceptors (Lipinski definition) is 22. The van der Waals surface area contributed by atoms with E-state index in [1.165, 1.54) is 63.8 Å². The molecule has 28 heteroatoms. The number of esters is 1. The smallest absolute Gasteiger partial charge is 0.351 e. The van der Waals surface area contributed by atoms with Gasteiger partial charge in [0.2, 0.25) is 6.79 Å². The van der Waals surface area contributed by atoms with Crippen LogP contribution in [0, 0.1) is 0 Å². The molecule has 0 saturated carbocycles. The number of rotatable bonds is 19. The van der Waals surface area contributed by atoms with Crippen molar-refractivity contribution < 1.29 is 73.7 Å². The molecule has 0 amide bonds. The highest BCUT2D eigenvalue weighted by Gasteiger charge is 2.43. The van der Waals surface area contributed by atoms with Gasteiger partial charge < -0.3 is 46.0 Å². The lowest BCUT2D eigenvalue weighted by atomic mass is 10.5. The topological polar surface area (TPSA) is 249 Å². The summed E-state index contributed by atoms with van der Waals surface area (Å²) in [6.45, 7) is -1.43. The SMILES string of the molecule is COP1(OC)=NP(OC)(OCOC(=O)COP2(OC)=NP(OC)(OC)=NP(OC)(OCC(C)=O)=N2)=NP(OC)(OCO)=N1. The Labute approximate surface area is 249 Å². The summed E-state index contributed by atoms with van der Waals surface area (Å²) in [4.78, 5) is 24.3. The van der Waals surface area contributed by atoms with Gasteiger partial charge >= 0.3 is 51.9 Å². The van der Waals surface area contributed by atoms with Crippen molar-refractivity contribution in [3.63, 3.8) is 0 Å². The van der Waals surface area contributed by atoms with Gasteiger partial charge in [-0.1, -0.05) is 0 Å². The highest BCUT2D eigenvalue weighted by atomic mass is 31.3. The number of aliphatic hydroxyl groups is 1. The molecule has 0 aromatic heterocycles. The van der Waals surface area contributed by atoms with Crippen LogP contribution >= 0.6 is 46.0 Å². The largest absolute Gasteiger partial charge is 0.436 e. The fraction of sp³-hybridized carbons (Fsp3) is 0.867. The highest BCUT2D eigenvalue weighted by Crippen LogP contribution is 2.81. The van der Waals surface area contributed by atoms with E-state index in [9.17, 15) is 14.7 Å². The molecule has 2 aliphatic heterocycles. The molecule has 0 aromatic carbocycles. The van der Waals surface area contributed by atoms with Crippen LogP contribution < -0.4 is 0 Å². The number of ketones is 1. The molecular weight excluding hydrogens is 706 g/mol. The van der Waals surface area contributed by atoms with Crippen LogP contribution in [0.3, 0.4) is 0 Å². The van der Waals surface area contributed by atoms with Crippen LogP contribution in [0.1, 0.15) is 6.92 Å². The first kappa shape index (κ1) is 39.2. The molecular formula is C15H36N6O16P6. The van der Waals surface area contributed by atoms with Crippen molar-refractivity contribution in [2.24, 2.45) is 27.1 Å². The molecule has 22 nitrogen and oxygen atoms in total. The van der Waals surface area contributed by atoms with Crippen LogP contribution in [0.4, 0.5) is 0 Å². The van der Waals surface area contributed by atoms with Crippen molar-refractivity contribution in [1.82, 2.24) is 0 Å². The van der Waals surface area contributed by atoms with Crippen molar-refractivity contribution in [3.8, 4) is 0 Å². The fourth-order valence-corrected chi connectivity index (χ4v) is 20.4. The minimum Gasteiger partial charge on any atom is -0.436 e. The molecule has 2 heterocycles. The van der Waals surface area contributed by atoms with E-state index in [2.05, 4.69) is 27.1 Å². The van der Waals surface area contributed by atoms with Gasteiger partial charge in [0.05, 0.1) is 0 Å². The quantitative estimate of drug-likeness (QED) is 0.0909. The Bertz CT molecular complexity index is 1350. The fourth-order valence-electron chi connectivity index (χ4n) is 2.70. The minimum atomic E-state index is -3.76. The van der Waals surface area contributed by atoms with Crippen molar-refractivity contribution in [2.75, 3.05) is 83.7 Å². The molecule has 43 heavy (non-hydrogen) atoms. The number of aliphatic hydroxyl groups excluding tert-OH is 1. The molecule has 0 spiro atoms. The lowest BCUT2D eigenvalue weighted by Gasteiger charge is -2.31. The summed E-state index contributed by atoms with van der Waals surface area (Å²) in [5.74, 6) is -1.30. The molecule has 252 valence electrons. The van der Waals surface area contributed by atoms with E-state index < -0.39 is 78.7 Å².